The quantitative estimate of drug-likeness (QED) is 0.680. The van der Waals surface area contributed by atoms with E-state index in [1.165, 1.54) is 39.0 Å². The third-order valence-corrected chi connectivity index (χ3v) is 3.77. The van der Waals surface area contributed by atoms with Crippen molar-refractivity contribution in [3.05, 3.63) is 0 Å². The zero-order chi connectivity index (χ0) is 12.7. The van der Waals surface area contributed by atoms with Gasteiger partial charge in [-0.05, 0) is 25.3 Å². The molecule has 0 spiro atoms. The van der Waals surface area contributed by atoms with Crippen LogP contribution >= 0.6 is 0 Å². The number of rotatable bonds is 7. The van der Waals surface area contributed by atoms with E-state index in [-0.39, 0.29) is 0 Å². The first-order valence-electron chi connectivity index (χ1n) is 7.12. The van der Waals surface area contributed by atoms with E-state index in [0.717, 1.165) is 25.1 Å². The van der Waals surface area contributed by atoms with Crippen LogP contribution in [0.15, 0.2) is 0 Å². The Morgan fingerprint density at radius 2 is 2.00 bits per heavy atom. The van der Waals surface area contributed by atoms with E-state index < -0.39 is 0 Å². The van der Waals surface area contributed by atoms with Gasteiger partial charge >= 0.3 is 0 Å². The first-order chi connectivity index (χ1) is 8.17. The number of hydrogen-bond donors (Lipinski definition) is 0. The third-order valence-electron chi connectivity index (χ3n) is 3.77. The summed E-state index contributed by atoms with van der Waals surface area (Å²) in [6.45, 7) is 13.8. The number of nitrogens with zero attached hydrogens (tertiary/aromatic N) is 2. The van der Waals surface area contributed by atoms with Crippen LogP contribution in [-0.4, -0.2) is 62.3 Å². The SMILES string of the molecule is CC[C@H]1CN(CCC(C)C)CCN1CCOC. The first-order valence-corrected chi connectivity index (χ1v) is 7.12. The van der Waals surface area contributed by atoms with Crippen LogP contribution in [0.1, 0.15) is 33.6 Å². The third kappa shape index (κ3) is 5.36. The van der Waals surface area contributed by atoms with Crippen molar-refractivity contribution in [1.29, 1.82) is 0 Å². The number of piperazine rings is 1. The number of ether oxygens (including phenoxy) is 1. The largest absolute Gasteiger partial charge is 0.383 e. The summed E-state index contributed by atoms with van der Waals surface area (Å²) in [4.78, 5) is 5.23. The Morgan fingerprint density at radius 1 is 1.24 bits per heavy atom. The maximum absolute atomic E-state index is 5.19. The lowest BCUT2D eigenvalue weighted by Gasteiger charge is -2.41. The minimum Gasteiger partial charge on any atom is -0.383 e. The molecular weight excluding hydrogens is 212 g/mol. The van der Waals surface area contributed by atoms with Crippen LogP contribution < -0.4 is 0 Å². The van der Waals surface area contributed by atoms with Crippen LogP contribution in [0.25, 0.3) is 0 Å². The highest BCUT2D eigenvalue weighted by atomic mass is 16.5. The van der Waals surface area contributed by atoms with Crippen LogP contribution in [0.3, 0.4) is 0 Å². The van der Waals surface area contributed by atoms with E-state index in [1.54, 1.807) is 7.11 Å². The van der Waals surface area contributed by atoms with Gasteiger partial charge in [-0.2, -0.15) is 0 Å². The van der Waals surface area contributed by atoms with Crippen molar-refractivity contribution < 1.29 is 4.74 Å². The average molecular weight is 242 g/mol. The fourth-order valence-corrected chi connectivity index (χ4v) is 2.49. The van der Waals surface area contributed by atoms with Crippen LogP contribution in [0.4, 0.5) is 0 Å². The van der Waals surface area contributed by atoms with Crippen LogP contribution in [0.5, 0.6) is 0 Å². The Hall–Kier alpha value is -0.120. The summed E-state index contributed by atoms with van der Waals surface area (Å²) in [7, 11) is 1.79. The minimum atomic E-state index is 0.728. The summed E-state index contributed by atoms with van der Waals surface area (Å²) in [5.74, 6) is 0.821. The molecule has 3 heteroatoms. The molecule has 1 rings (SSSR count). The normalized spacial score (nSPS) is 23.5. The standard InChI is InChI=1S/C14H30N2O/c1-5-14-12-15(7-6-13(2)3)8-9-16(14)10-11-17-4/h13-14H,5-12H2,1-4H3/t14-/m0/s1. The summed E-state index contributed by atoms with van der Waals surface area (Å²) in [5.41, 5.74) is 0. The van der Waals surface area contributed by atoms with Crippen molar-refractivity contribution >= 4 is 0 Å². The molecule has 0 amide bonds. The van der Waals surface area contributed by atoms with Crippen molar-refractivity contribution in [2.45, 2.75) is 39.7 Å². The maximum atomic E-state index is 5.19. The average Bonchev–Trinajstić information content (AvgIpc) is 2.34. The van der Waals surface area contributed by atoms with Gasteiger partial charge in [0.2, 0.25) is 0 Å². The van der Waals surface area contributed by atoms with Gasteiger partial charge in [0.25, 0.3) is 0 Å². The maximum Gasteiger partial charge on any atom is 0.0589 e. The van der Waals surface area contributed by atoms with E-state index in [1.807, 2.05) is 0 Å². The molecule has 102 valence electrons. The fraction of sp³-hybridized carbons (Fsp3) is 1.00. The zero-order valence-electron chi connectivity index (χ0n) is 12.1. The molecule has 0 unspecified atom stereocenters. The summed E-state index contributed by atoms with van der Waals surface area (Å²) in [5, 5.41) is 0. The lowest BCUT2D eigenvalue weighted by molar-refractivity contribution is 0.0480. The molecule has 0 saturated carbocycles. The Kier molecular flexibility index (Phi) is 7.09. The molecular formula is C14H30N2O. The van der Waals surface area contributed by atoms with Gasteiger partial charge in [0.15, 0.2) is 0 Å². The van der Waals surface area contributed by atoms with Gasteiger partial charge in [-0.1, -0.05) is 20.8 Å². The molecule has 1 aliphatic heterocycles. The molecule has 0 radical (unpaired) electrons. The van der Waals surface area contributed by atoms with Crippen molar-refractivity contribution in [1.82, 2.24) is 9.80 Å². The van der Waals surface area contributed by atoms with Gasteiger partial charge in [-0.25, -0.2) is 0 Å². The molecule has 1 aliphatic rings. The molecule has 1 saturated heterocycles. The second-order valence-electron chi connectivity index (χ2n) is 5.57. The fourth-order valence-electron chi connectivity index (χ4n) is 2.49. The Morgan fingerprint density at radius 3 is 2.59 bits per heavy atom. The second-order valence-corrected chi connectivity index (χ2v) is 5.57. The van der Waals surface area contributed by atoms with Gasteiger partial charge in [0.05, 0.1) is 6.61 Å². The summed E-state index contributed by atoms with van der Waals surface area (Å²) < 4.78 is 5.19. The highest BCUT2D eigenvalue weighted by Crippen LogP contribution is 2.14. The Labute approximate surface area is 107 Å². The highest BCUT2D eigenvalue weighted by Gasteiger charge is 2.24. The van der Waals surface area contributed by atoms with Crippen molar-refractivity contribution in [2.75, 3.05) is 46.4 Å². The van der Waals surface area contributed by atoms with E-state index >= 15 is 0 Å². The van der Waals surface area contributed by atoms with E-state index in [2.05, 4.69) is 30.6 Å². The summed E-state index contributed by atoms with van der Waals surface area (Å²) in [6.07, 6.45) is 2.58. The van der Waals surface area contributed by atoms with E-state index in [9.17, 15) is 0 Å². The molecule has 0 aliphatic carbocycles. The zero-order valence-corrected chi connectivity index (χ0v) is 12.1. The summed E-state index contributed by atoms with van der Waals surface area (Å²) in [6, 6.07) is 0.728. The molecule has 1 atom stereocenters. The molecule has 0 aromatic heterocycles. The minimum absolute atomic E-state index is 0.728. The van der Waals surface area contributed by atoms with Crippen molar-refractivity contribution in [2.24, 2.45) is 5.92 Å². The Balaban J connectivity index is 2.32. The van der Waals surface area contributed by atoms with E-state index in [0.29, 0.717) is 0 Å². The van der Waals surface area contributed by atoms with Gasteiger partial charge in [0, 0.05) is 39.3 Å². The highest BCUT2D eigenvalue weighted by molar-refractivity contribution is 4.81. The molecule has 1 fully saturated rings. The van der Waals surface area contributed by atoms with Crippen molar-refractivity contribution in [3.63, 3.8) is 0 Å². The van der Waals surface area contributed by atoms with Gasteiger partial charge in [-0.3, -0.25) is 4.90 Å². The van der Waals surface area contributed by atoms with Crippen LogP contribution in [-0.2, 0) is 4.74 Å². The van der Waals surface area contributed by atoms with Gasteiger partial charge in [0.1, 0.15) is 0 Å². The topological polar surface area (TPSA) is 15.7 Å². The number of methoxy groups -OCH3 is 1. The van der Waals surface area contributed by atoms with Crippen LogP contribution in [0.2, 0.25) is 0 Å². The Bertz CT molecular complexity index is 197. The molecule has 0 N–H and O–H groups in total. The molecule has 3 nitrogen and oxygen atoms in total. The first kappa shape index (κ1) is 14.9. The lowest BCUT2D eigenvalue weighted by Crippen LogP contribution is -2.53. The molecule has 0 bridgehead atoms. The molecule has 0 aromatic carbocycles. The van der Waals surface area contributed by atoms with Gasteiger partial charge in [-0.15, -0.1) is 0 Å². The van der Waals surface area contributed by atoms with Crippen LogP contribution in [0, 0.1) is 5.92 Å². The monoisotopic (exact) mass is 242 g/mol. The molecule has 1 heterocycles. The van der Waals surface area contributed by atoms with Gasteiger partial charge < -0.3 is 9.64 Å². The van der Waals surface area contributed by atoms with Crippen molar-refractivity contribution in [3.8, 4) is 0 Å². The predicted octanol–water partition coefficient (Wildman–Crippen LogP) is 2.08. The predicted molar refractivity (Wildman–Crippen MR) is 73.4 cm³/mol. The number of hydrogen-bond acceptors (Lipinski definition) is 3. The lowest BCUT2D eigenvalue weighted by atomic mass is 10.1. The second kappa shape index (κ2) is 8.06. The molecule has 17 heavy (non-hydrogen) atoms. The smallest absolute Gasteiger partial charge is 0.0589 e. The molecule has 0 aromatic rings. The van der Waals surface area contributed by atoms with E-state index in [4.69, 9.17) is 4.74 Å². The summed E-state index contributed by atoms with van der Waals surface area (Å²) >= 11 is 0.